The Morgan fingerprint density at radius 3 is 2.64 bits per heavy atom. The minimum atomic E-state index is -4.33. The molecule has 1 aromatic carbocycles. The summed E-state index contributed by atoms with van der Waals surface area (Å²) in [5, 5.41) is 2.78. The molecule has 1 saturated heterocycles. The lowest BCUT2D eigenvalue weighted by molar-refractivity contribution is -0.176. The first kappa shape index (κ1) is 16.8. The zero-order chi connectivity index (χ0) is 16.0. The Kier molecular flexibility index (Phi) is 5.79. The van der Waals surface area contributed by atoms with Gasteiger partial charge in [-0.1, -0.05) is 12.1 Å². The van der Waals surface area contributed by atoms with Gasteiger partial charge in [-0.15, -0.1) is 0 Å². The second-order valence-corrected chi connectivity index (χ2v) is 5.15. The van der Waals surface area contributed by atoms with Gasteiger partial charge in [0.1, 0.15) is 6.61 Å². The molecule has 7 heteroatoms. The van der Waals surface area contributed by atoms with Crippen LogP contribution >= 0.6 is 0 Å². The Morgan fingerprint density at radius 2 is 2.05 bits per heavy atom. The molecule has 4 nitrogen and oxygen atoms in total. The van der Waals surface area contributed by atoms with Crippen LogP contribution in [0.1, 0.15) is 28.8 Å². The maximum Gasteiger partial charge on any atom is 0.411 e. The van der Waals surface area contributed by atoms with Crippen LogP contribution in [0.2, 0.25) is 0 Å². The van der Waals surface area contributed by atoms with Gasteiger partial charge in [-0.3, -0.25) is 4.79 Å². The highest BCUT2D eigenvalue weighted by Crippen LogP contribution is 2.16. The second-order valence-electron chi connectivity index (χ2n) is 5.15. The lowest BCUT2D eigenvalue weighted by Crippen LogP contribution is -2.31. The monoisotopic (exact) mass is 317 g/mol. The molecule has 1 aliphatic heterocycles. The molecule has 1 N–H and O–H groups in total. The average Bonchev–Trinajstić information content (AvgIpc) is 2.97. The Bertz CT molecular complexity index is 482. The summed E-state index contributed by atoms with van der Waals surface area (Å²) in [4.78, 5) is 11.9. The van der Waals surface area contributed by atoms with Crippen molar-refractivity contribution < 1.29 is 27.4 Å². The van der Waals surface area contributed by atoms with Crippen molar-refractivity contribution in [2.75, 3.05) is 19.8 Å². The molecule has 0 saturated carbocycles. The minimum absolute atomic E-state index is 0.0685. The molecule has 0 aromatic heterocycles. The minimum Gasteiger partial charge on any atom is -0.376 e. The summed E-state index contributed by atoms with van der Waals surface area (Å²) >= 11 is 0. The Morgan fingerprint density at radius 1 is 1.32 bits per heavy atom. The van der Waals surface area contributed by atoms with E-state index in [4.69, 9.17) is 4.74 Å². The van der Waals surface area contributed by atoms with Crippen molar-refractivity contribution in [3.05, 3.63) is 35.4 Å². The number of hydrogen-bond acceptors (Lipinski definition) is 3. The lowest BCUT2D eigenvalue weighted by Gasteiger charge is -2.11. The van der Waals surface area contributed by atoms with Gasteiger partial charge in [0.25, 0.3) is 5.91 Å². The number of hydrogen-bond donors (Lipinski definition) is 1. The highest BCUT2D eigenvalue weighted by atomic mass is 19.4. The van der Waals surface area contributed by atoms with E-state index < -0.39 is 12.8 Å². The molecule has 1 aromatic rings. The molecule has 0 bridgehead atoms. The van der Waals surface area contributed by atoms with Crippen LogP contribution in [-0.4, -0.2) is 37.9 Å². The molecule has 1 amide bonds. The van der Waals surface area contributed by atoms with Crippen LogP contribution in [0, 0.1) is 0 Å². The van der Waals surface area contributed by atoms with E-state index in [0.717, 1.165) is 19.4 Å². The van der Waals surface area contributed by atoms with Crippen LogP contribution < -0.4 is 5.32 Å². The molecule has 1 atom stereocenters. The number of amides is 1. The van der Waals surface area contributed by atoms with E-state index in [2.05, 4.69) is 10.1 Å². The van der Waals surface area contributed by atoms with Gasteiger partial charge < -0.3 is 14.8 Å². The van der Waals surface area contributed by atoms with Gasteiger partial charge in [0.05, 0.1) is 12.7 Å². The van der Waals surface area contributed by atoms with E-state index in [1.807, 2.05) is 0 Å². The first-order chi connectivity index (χ1) is 10.4. The quantitative estimate of drug-likeness (QED) is 0.877. The third-order valence-corrected chi connectivity index (χ3v) is 3.26. The SMILES string of the molecule is O=C(NC[C@H]1CCCO1)c1ccc(COCC(F)(F)F)cc1. The zero-order valence-electron chi connectivity index (χ0n) is 12.0. The van der Waals surface area contributed by atoms with Crippen molar-refractivity contribution in [2.24, 2.45) is 0 Å². The van der Waals surface area contributed by atoms with Gasteiger partial charge >= 0.3 is 6.18 Å². The van der Waals surface area contributed by atoms with Crippen LogP contribution in [0.4, 0.5) is 13.2 Å². The van der Waals surface area contributed by atoms with Crippen LogP contribution in [0.5, 0.6) is 0 Å². The smallest absolute Gasteiger partial charge is 0.376 e. The van der Waals surface area contributed by atoms with Crippen molar-refractivity contribution in [3.63, 3.8) is 0 Å². The van der Waals surface area contributed by atoms with Crippen LogP contribution in [-0.2, 0) is 16.1 Å². The largest absolute Gasteiger partial charge is 0.411 e. The summed E-state index contributed by atoms with van der Waals surface area (Å²) in [5.41, 5.74) is 1.04. The van der Waals surface area contributed by atoms with Crippen molar-refractivity contribution >= 4 is 5.91 Å². The van der Waals surface area contributed by atoms with Gasteiger partial charge in [0.2, 0.25) is 0 Å². The number of carbonyl (C=O) groups is 1. The number of benzene rings is 1. The third-order valence-electron chi connectivity index (χ3n) is 3.26. The standard InChI is InChI=1S/C15H18F3NO3/c16-15(17,18)10-21-9-11-3-5-12(6-4-11)14(20)19-8-13-2-1-7-22-13/h3-6,13H,1-2,7-10H2,(H,19,20)/t13-/m1/s1. The topological polar surface area (TPSA) is 47.6 Å². The fourth-order valence-electron chi connectivity index (χ4n) is 2.15. The lowest BCUT2D eigenvalue weighted by atomic mass is 10.1. The zero-order valence-corrected chi connectivity index (χ0v) is 12.0. The molecule has 0 unspecified atom stereocenters. The van der Waals surface area contributed by atoms with Crippen LogP contribution in [0.25, 0.3) is 0 Å². The summed E-state index contributed by atoms with van der Waals surface area (Å²) < 4.78 is 45.8. The van der Waals surface area contributed by atoms with Crippen molar-refractivity contribution in [2.45, 2.75) is 31.7 Å². The highest BCUT2D eigenvalue weighted by molar-refractivity contribution is 5.94. The van der Waals surface area contributed by atoms with Gasteiger partial charge in [0.15, 0.2) is 0 Å². The number of nitrogens with one attached hydrogen (secondary N) is 1. The molecular weight excluding hydrogens is 299 g/mol. The molecule has 0 aliphatic carbocycles. The normalized spacial score (nSPS) is 18.4. The number of alkyl halides is 3. The number of halogens is 3. The van der Waals surface area contributed by atoms with Gasteiger partial charge in [0, 0.05) is 18.7 Å². The molecule has 2 rings (SSSR count). The van der Waals surface area contributed by atoms with Crippen molar-refractivity contribution in [1.29, 1.82) is 0 Å². The Balaban J connectivity index is 1.76. The highest BCUT2D eigenvalue weighted by Gasteiger charge is 2.27. The molecule has 1 heterocycles. The number of carbonyl (C=O) groups excluding carboxylic acids is 1. The summed E-state index contributed by atoms with van der Waals surface area (Å²) in [6, 6.07) is 6.29. The Labute approximate surface area is 126 Å². The Hall–Kier alpha value is -1.60. The van der Waals surface area contributed by atoms with Crippen LogP contribution in [0.15, 0.2) is 24.3 Å². The van der Waals surface area contributed by atoms with Crippen LogP contribution in [0.3, 0.4) is 0 Å². The number of ether oxygens (including phenoxy) is 2. The maximum atomic E-state index is 12.0. The van der Waals surface area contributed by atoms with Gasteiger partial charge in [-0.05, 0) is 30.5 Å². The summed E-state index contributed by atoms with van der Waals surface area (Å²) in [6.45, 7) is -0.226. The fraction of sp³-hybridized carbons (Fsp3) is 0.533. The van der Waals surface area contributed by atoms with Gasteiger partial charge in [-0.2, -0.15) is 13.2 Å². The molecular formula is C15H18F3NO3. The summed E-state index contributed by atoms with van der Waals surface area (Å²) in [5.74, 6) is -0.224. The molecule has 1 fully saturated rings. The van der Waals surface area contributed by atoms with E-state index in [-0.39, 0.29) is 18.6 Å². The number of rotatable bonds is 6. The molecule has 1 aliphatic rings. The predicted molar refractivity (Wildman–Crippen MR) is 73.5 cm³/mol. The van der Waals surface area contributed by atoms with E-state index in [9.17, 15) is 18.0 Å². The molecule has 22 heavy (non-hydrogen) atoms. The van der Waals surface area contributed by atoms with Crippen molar-refractivity contribution in [3.8, 4) is 0 Å². The average molecular weight is 317 g/mol. The molecule has 122 valence electrons. The van der Waals surface area contributed by atoms with E-state index in [0.29, 0.717) is 17.7 Å². The van der Waals surface area contributed by atoms with Crippen molar-refractivity contribution in [1.82, 2.24) is 5.32 Å². The molecule has 0 radical (unpaired) electrons. The summed E-state index contributed by atoms with van der Waals surface area (Å²) in [7, 11) is 0. The predicted octanol–water partition coefficient (Wildman–Crippen LogP) is 2.67. The summed E-state index contributed by atoms with van der Waals surface area (Å²) in [6.07, 6.45) is -2.32. The first-order valence-corrected chi connectivity index (χ1v) is 7.07. The maximum absolute atomic E-state index is 12.0. The third kappa shape index (κ3) is 5.65. The molecule has 0 spiro atoms. The fourth-order valence-corrected chi connectivity index (χ4v) is 2.15. The van der Waals surface area contributed by atoms with E-state index >= 15 is 0 Å². The van der Waals surface area contributed by atoms with E-state index in [1.54, 1.807) is 24.3 Å². The van der Waals surface area contributed by atoms with Gasteiger partial charge in [-0.25, -0.2) is 0 Å². The first-order valence-electron chi connectivity index (χ1n) is 7.07. The van der Waals surface area contributed by atoms with E-state index in [1.165, 1.54) is 0 Å². The second kappa shape index (κ2) is 7.60.